The highest BCUT2D eigenvalue weighted by molar-refractivity contribution is 5.77. The van der Waals surface area contributed by atoms with Crippen LogP contribution in [0, 0.1) is 23.7 Å². The maximum Gasteiger partial charge on any atom is 0.311 e. The van der Waals surface area contributed by atoms with Gasteiger partial charge in [0.1, 0.15) is 11.7 Å². The van der Waals surface area contributed by atoms with Crippen molar-refractivity contribution in [3.8, 4) is 0 Å². The molecule has 0 unspecified atom stereocenters. The van der Waals surface area contributed by atoms with Gasteiger partial charge in [-0.15, -0.1) is 0 Å². The van der Waals surface area contributed by atoms with Crippen LogP contribution in [0.15, 0.2) is 24.3 Å². The van der Waals surface area contributed by atoms with E-state index < -0.39 is 0 Å². The Bertz CT molecular complexity index is 824. The molecule has 4 fully saturated rings. The lowest BCUT2D eigenvalue weighted by atomic mass is 9.55. The highest BCUT2D eigenvalue weighted by Crippen LogP contribution is 2.66. The molecule has 0 amide bonds. The van der Waals surface area contributed by atoms with Crippen molar-refractivity contribution in [2.24, 2.45) is 23.7 Å². The minimum absolute atomic E-state index is 0.00631. The Hall–Kier alpha value is -1.39. The van der Waals surface area contributed by atoms with Gasteiger partial charge in [-0.1, -0.05) is 31.2 Å². The van der Waals surface area contributed by atoms with Crippen LogP contribution in [-0.4, -0.2) is 41.3 Å². The quantitative estimate of drug-likeness (QED) is 0.580. The van der Waals surface area contributed by atoms with E-state index in [2.05, 4.69) is 43.0 Å². The number of fused-ring (bicyclic) bond motifs is 2. The van der Waals surface area contributed by atoms with E-state index in [0.29, 0.717) is 17.8 Å². The maximum absolute atomic E-state index is 13.2. The third kappa shape index (κ3) is 2.28. The first-order valence-corrected chi connectivity index (χ1v) is 11.2. The lowest BCUT2D eigenvalue weighted by Crippen LogP contribution is -2.58. The summed E-state index contributed by atoms with van der Waals surface area (Å²) in [5.74, 6) is 1.47. The van der Waals surface area contributed by atoms with E-state index >= 15 is 0 Å². The van der Waals surface area contributed by atoms with Gasteiger partial charge in [-0.3, -0.25) is 9.69 Å². The zero-order chi connectivity index (χ0) is 19.1. The molecule has 150 valence electrons. The monoisotopic (exact) mass is 381 g/mol. The van der Waals surface area contributed by atoms with Crippen LogP contribution in [0.2, 0.25) is 0 Å². The van der Waals surface area contributed by atoms with E-state index in [1.54, 1.807) is 0 Å². The first kappa shape index (κ1) is 17.5. The van der Waals surface area contributed by atoms with Crippen molar-refractivity contribution in [2.45, 2.75) is 69.8 Å². The number of nitrogens with zero attached hydrogens (tertiary/aromatic N) is 1. The molecule has 0 aromatic heterocycles. The number of rotatable bonds is 2. The zero-order valence-electron chi connectivity index (χ0n) is 17.0. The van der Waals surface area contributed by atoms with E-state index in [4.69, 9.17) is 9.47 Å². The average molecular weight is 382 g/mol. The van der Waals surface area contributed by atoms with Gasteiger partial charge in [-0.05, 0) is 56.1 Å². The molecule has 4 nitrogen and oxygen atoms in total. The topological polar surface area (TPSA) is 42.1 Å². The Balaban J connectivity index is 1.28. The Labute approximate surface area is 167 Å². The molecule has 0 bridgehead atoms. The summed E-state index contributed by atoms with van der Waals surface area (Å²) in [6.45, 7) is 7.41. The van der Waals surface area contributed by atoms with Crippen LogP contribution >= 0.6 is 0 Å². The van der Waals surface area contributed by atoms with Crippen molar-refractivity contribution < 1.29 is 14.3 Å². The summed E-state index contributed by atoms with van der Waals surface area (Å²) in [5.41, 5.74) is 2.48. The molecule has 3 heterocycles. The van der Waals surface area contributed by atoms with E-state index in [0.717, 1.165) is 45.3 Å². The number of carbonyl (C=O) groups excluding carboxylic acids is 1. The molecule has 5 aliphatic rings. The summed E-state index contributed by atoms with van der Waals surface area (Å²) < 4.78 is 12.6. The van der Waals surface area contributed by atoms with Gasteiger partial charge in [-0.25, -0.2) is 0 Å². The van der Waals surface area contributed by atoms with Gasteiger partial charge in [0.05, 0.1) is 11.5 Å². The number of hydrogen-bond donors (Lipinski definition) is 0. The Kier molecular flexibility index (Phi) is 3.63. The van der Waals surface area contributed by atoms with Gasteiger partial charge < -0.3 is 9.47 Å². The summed E-state index contributed by atoms with van der Waals surface area (Å²) in [4.78, 5) is 15.7. The average Bonchev–Trinajstić information content (AvgIpc) is 3.32. The molecule has 1 aromatic carbocycles. The van der Waals surface area contributed by atoms with Crippen LogP contribution in [0.5, 0.6) is 0 Å². The molecule has 0 radical (unpaired) electrons. The van der Waals surface area contributed by atoms with Crippen molar-refractivity contribution in [1.29, 1.82) is 0 Å². The molecular formula is C24H31NO3. The lowest BCUT2D eigenvalue weighted by Gasteiger charge is -2.50. The molecule has 3 aliphatic heterocycles. The molecule has 6 rings (SSSR count). The van der Waals surface area contributed by atoms with Crippen molar-refractivity contribution in [2.75, 3.05) is 13.1 Å². The first-order chi connectivity index (χ1) is 13.5. The summed E-state index contributed by atoms with van der Waals surface area (Å²) in [5, 5.41) is 0. The molecule has 2 saturated heterocycles. The fourth-order valence-electron chi connectivity index (χ4n) is 7.25. The van der Waals surface area contributed by atoms with Crippen molar-refractivity contribution in [1.82, 2.24) is 4.90 Å². The van der Waals surface area contributed by atoms with Crippen molar-refractivity contribution >= 4 is 5.97 Å². The molecule has 0 N–H and O–H groups in total. The Morgan fingerprint density at radius 1 is 1.14 bits per heavy atom. The van der Waals surface area contributed by atoms with Crippen LogP contribution in [-0.2, 0) is 27.2 Å². The van der Waals surface area contributed by atoms with Gasteiger partial charge in [0, 0.05) is 31.5 Å². The largest absolute Gasteiger partial charge is 0.455 e. The zero-order valence-corrected chi connectivity index (χ0v) is 17.0. The summed E-state index contributed by atoms with van der Waals surface area (Å²) in [7, 11) is 0. The second-order valence-electron chi connectivity index (χ2n) is 10.3. The number of benzene rings is 1. The third-order valence-electron chi connectivity index (χ3n) is 8.76. The molecule has 28 heavy (non-hydrogen) atoms. The predicted molar refractivity (Wildman–Crippen MR) is 106 cm³/mol. The summed E-state index contributed by atoms with van der Waals surface area (Å²) in [6.07, 6.45) is 5.79. The van der Waals surface area contributed by atoms with Gasteiger partial charge in [0.2, 0.25) is 0 Å². The third-order valence-corrected chi connectivity index (χ3v) is 8.76. The van der Waals surface area contributed by atoms with Crippen LogP contribution in [0.4, 0.5) is 0 Å². The number of carbonyl (C=O) groups is 1. The molecule has 1 spiro atoms. The highest BCUT2D eigenvalue weighted by atomic mass is 16.7. The van der Waals surface area contributed by atoms with E-state index in [9.17, 15) is 4.79 Å². The SMILES string of the molecule is C[C@H]1CC[C@@H]2[C@@H](CN3CCc4ccccc4C3)C(=O)O[C@]23[C@H]1CC[C@@]1(C)O[C@@H]31. The van der Waals surface area contributed by atoms with Crippen LogP contribution in [0.1, 0.15) is 50.7 Å². The first-order valence-electron chi connectivity index (χ1n) is 11.2. The van der Waals surface area contributed by atoms with Gasteiger partial charge >= 0.3 is 5.97 Å². The number of hydrogen-bond acceptors (Lipinski definition) is 4. The number of ether oxygens (including phenoxy) is 2. The second kappa shape index (κ2) is 5.82. The molecule has 2 aliphatic carbocycles. The summed E-state index contributed by atoms with van der Waals surface area (Å²) >= 11 is 0. The van der Waals surface area contributed by atoms with Gasteiger partial charge in [0.25, 0.3) is 0 Å². The minimum Gasteiger partial charge on any atom is -0.455 e. The molecule has 4 heteroatoms. The van der Waals surface area contributed by atoms with Crippen molar-refractivity contribution in [3.05, 3.63) is 35.4 Å². The van der Waals surface area contributed by atoms with Crippen LogP contribution in [0.25, 0.3) is 0 Å². The highest BCUT2D eigenvalue weighted by Gasteiger charge is 2.77. The fraction of sp³-hybridized carbons (Fsp3) is 0.708. The fourth-order valence-corrected chi connectivity index (χ4v) is 7.25. The maximum atomic E-state index is 13.2. The standard InChI is InChI=1S/C24H31NO3/c1-15-7-8-20-18(14-25-12-10-16-5-3-4-6-17(16)13-25)21(26)27-24(20)19(15)9-11-23(2)22(24)28-23/h3-6,15,18-20,22H,7-14H2,1-2H3/t15-,18+,19-,20+,22+,23+,24+/m0/s1. The van der Waals surface area contributed by atoms with E-state index in [1.165, 1.54) is 17.5 Å². The molecule has 2 saturated carbocycles. The smallest absolute Gasteiger partial charge is 0.311 e. The predicted octanol–water partition coefficient (Wildman–Crippen LogP) is 3.57. The van der Waals surface area contributed by atoms with E-state index in [-0.39, 0.29) is 29.2 Å². The number of esters is 1. The number of epoxide rings is 1. The Morgan fingerprint density at radius 3 is 2.82 bits per heavy atom. The van der Waals surface area contributed by atoms with Gasteiger partial charge in [0.15, 0.2) is 0 Å². The van der Waals surface area contributed by atoms with Crippen molar-refractivity contribution in [3.63, 3.8) is 0 Å². The second-order valence-corrected chi connectivity index (χ2v) is 10.3. The van der Waals surface area contributed by atoms with Crippen LogP contribution in [0.3, 0.4) is 0 Å². The molecular weight excluding hydrogens is 350 g/mol. The van der Waals surface area contributed by atoms with Crippen LogP contribution < -0.4 is 0 Å². The molecule has 1 aromatic rings. The lowest BCUT2D eigenvalue weighted by molar-refractivity contribution is -0.168. The molecule has 7 atom stereocenters. The minimum atomic E-state index is -0.347. The normalized spacial score (nSPS) is 46.8. The van der Waals surface area contributed by atoms with E-state index in [1.807, 2.05) is 0 Å². The van der Waals surface area contributed by atoms with Gasteiger partial charge in [-0.2, -0.15) is 0 Å². The summed E-state index contributed by atoms with van der Waals surface area (Å²) in [6, 6.07) is 8.73. The Morgan fingerprint density at radius 2 is 1.96 bits per heavy atom.